The molecule has 2 rings (SSSR count). The third kappa shape index (κ3) is 3.57. The van der Waals surface area contributed by atoms with Gasteiger partial charge in [0.1, 0.15) is 5.75 Å². The van der Waals surface area contributed by atoms with Crippen molar-refractivity contribution in [3.63, 3.8) is 0 Å². The van der Waals surface area contributed by atoms with Gasteiger partial charge in [0.25, 0.3) is 0 Å². The largest absolute Gasteiger partial charge is 0.434 e. The normalized spacial score (nSPS) is 10.6. The Bertz CT molecular complexity index is 641. The van der Waals surface area contributed by atoms with Gasteiger partial charge in [0.05, 0.1) is 5.69 Å². The zero-order chi connectivity index (χ0) is 14.5. The molecule has 0 unspecified atom stereocenters. The minimum absolute atomic E-state index is 0.114. The molecule has 0 fully saturated rings. The molecule has 106 valence electrons. The van der Waals surface area contributed by atoms with Gasteiger partial charge in [0, 0.05) is 31.4 Å². The molecule has 0 saturated carbocycles. The highest BCUT2D eigenvalue weighted by atomic mass is 19.3. The number of benzene rings is 1. The van der Waals surface area contributed by atoms with E-state index in [1.54, 1.807) is 37.5 Å². The lowest BCUT2D eigenvalue weighted by Crippen LogP contribution is -2.15. The zero-order valence-electron chi connectivity index (χ0n) is 10.8. The van der Waals surface area contributed by atoms with Gasteiger partial charge < -0.3 is 14.6 Å². The Labute approximate surface area is 114 Å². The van der Waals surface area contributed by atoms with E-state index >= 15 is 0 Å². The Morgan fingerprint density at radius 2 is 2.00 bits per heavy atom. The SMILES string of the molecule is Cn1cc(NCc2ccccc2OC(F)F)ccc1=O. The van der Waals surface area contributed by atoms with Gasteiger partial charge in [-0.1, -0.05) is 18.2 Å². The number of alkyl halides is 2. The second kappa shape index (κ2) is 6.18. The van der Waals surface area contributed by atoms with Crippen LogP contribution in [0.2, 0.25) is 0 Å². The highest BCUT2D eigenvalue weighted by molar-refractivity contribution is 5.43. The van der Waals surface area contributed by atoms with E-state index < -0.39 is 6.61 Å². The molecular weight excluding hydrogens is 266 g/mol. The maximum Gasteiger partial charge on any atom is 0.387 e. The summed E-state index contributed by atoms with van der Waals surface area (Å²) in [6.45, 7) is -2.53. The lowest BCUT2D eigenvalue weighted by Gasteiger charge is -2.12. The second-order valence-corrected chi connectivity index (χ2v) is 4.21. The molecule has 0 radical (unpaired) electrons. The molecule has 0 spiro atoms. The van der Waals surface area contributed by atoms with Crippen molar-refractivity contribution < 1.29 is 13.5 Å². The molecule has 1 aromatic carbocycles. The smallest absolute Gasteiger partial charge is 0.387 e. The van der Waals surface area contributed by atoms with E-state index in [2.05, 4.69) is 10.1 Å². The summed E-state index contributed by atoms with van der Waals surface area (Å²) < 4.78 is 30.4. The van der Waals surface area contributed by atoms with E-state index in [1.165, 1.54) is 16.7 Å². The second-order valence-electron chi connectivity index (χ2n) is 4.21. The Hall–Kier alpha value is -2.37. The molecule has 0 aliphatic rings. The van der Waals surface area contributed by atoms with Crippen molar-refractivity contribution in [1.82, 2.24) is 4.57 Å². The third-order valence-electron chi connectivity index (χ3n) is 2.76. The summed E-state index contributed by atoms with van der Waals surface area (Å²) in [5, 5.41) is 3.06. The first-order valence-corrected chi connectivity index (χ1v) is 5.99. The van der Waals surface area contributed by atoms with Crippen molar-refractivity contribution in [2.75, 3.05) is 5.32 Å². The van der Waals surface area contributed by atoms with Crippen LogP contribution in [0.25, 0.3) is 0 Å². The molecule has 1 aromatic heterocycles. The zero-order valence-corrected chi connectivity index (χ0v) is 10.8. The Morgan fingerprint density at radius 3 is 2.70 bits per heavy atom. The lowest BCUT2D eigenvalue weighted by atomic mass is 10.2. The number of anilines is 1. The number of nitrogens with zero attached hydrogens (tertiary/aromatic N) is 1. The summed E-state index contributed by atoms with van der Waals surface area (Å²) in [6.07, 6.45) is 1.64. The van der Waals surface area contributed by atoms with E-state index in [0.717, 1.165) is 5.69 Å². The minimum Gasteiger partial charge on any atom is -0.434 e. The third-order valence-corrected chi connectivity index (χ3v) is 2.76. The molecule has 4 nitrogen and oxygen atoms in total. The lowest BCUT2D eigenvalue weighted by molar-refractivity contribution is -0.0504. The number of para-hydroxylation sites is 1. The summed E-state index contributed by atoms with van der Waals surface area (Å²) in [5.41, 5.74) is 1.22. The van der Waals surface area contributed by atoms with Crippen molar-refractivity contribution in [1.29, 1.82) is 0 Å². The molecule has 0 amide bonds. The maximum absolute atomic E-state index is 12.3. The number of hydrogen-bond acceptors (Lipinski definition) is 3. The number of halogens is 2. The molecule has 1 N–H and O–H groups in total. The van der Waals surface area contributed by atoms with Gasteiger partial charge in [-0.15, -0.1) is 0 Å². The number of nitrogens with one attached hydrogen (secondary N) is 1. The van der Waals surface area contributed by atoms with E-state index in [9.17, 15) is 13.6 Å². The number of hydrogen-bond donors (Lipinski definition) is 1. The highest BCUT2D eigenvalue weighted by Gasteiger charge is 2.08. The van der Waals surface area contributed by atoms with Crippen LogP contribution in [0, 0.1) is 0 Å². The number of aromatic nitrogens is 1. The van der Waals surface area contributed by atoms with Gasteiger partial charge in [-0.2, -0.15) is 8.78 Å². The van der Waals surface area contributed by atoms with Crippen LogP contribution in [-0.2, 0) is 13.6 Å². The van der Waals surface area contributed by atoms with Gasteiger partial charge in [-0.05, 0) is 12.1 Å². The summed E-state index contributed by atoms with van der Waals surface area (Å²) in [7, 11) is 1.64. The van der Waals surface area contributed by atoms with E-state index in [4.69, 9.17) is 0 Å². The molecule has 0 aliphatic heterocycles. The topological polar surface area (TPSA) is 43.3 Å². The van der Waals surface area contributed by atoms with Crippen LogP contribution in [0.4, 0.5) is 14.5 Å². The quantitative estimate of drug-likeness (QED) is 0.915. The van der Waals surface area contributed by atoms with Crippen molar-refractivity contribution >= 4 is 5.69 Å². The monoisotopic (exact) mass is 280 g/mol. The van der Waals surface area contributed by atoms with Crippen LogP contribution in [0.1, 0.15) is 5.56 Å². The first kappa shape index (κ1) is 14.0. The first-order chi connectivity index (χ1) is 9.56. The fourth-order valence-corrected chi connectivity index (χ4v) is 1.76. The molecule has 0 aliphatic carbocycles. The minimum atomic E-state index is -2.85. The fourth-order valence-electron chi connectivity index (χ4n) is 1.76. The van der Waals surface area contributed by atoms with E-state index in [-0.39, 0.29) is 11.3 Å². The number of rotatable bonds is 5. The van der Waals surface area contributed by atoms with Gasteiger partial charge >= 0.3 is 6.61 Å². The van der Waals surface area contributed by atoms with E-state index in [0.29, 0.717) is 12.1 Å². The van der Waals surface area contributed by atoms with Crippen molar-refractivity contribution in [3.8, 4) is 5.75 Å². The average molecular weight is 280 g/mol. The molecule has 0 atom stereocenters. The summed E-state index contributed by atoms with van der Waals surface area (Å²) in [5.74, 6) is 0.139. The maximum atomic E-state index is 12.3. The molecule has 2 aromatic rings. The van der Waals surface area contributed by atoms with Crippen molar-refractivity contribution in [3.05, 3.63) is 58.5 Å². The van der Waals surface area contributed by atoms with Crippen molar-refractivity contribution in [2.45, 2.75) is 13.2 Å². The van der Waals surface area contributed by atoms with Gasteiger partial charge in [-0.25, -0.2) is 0 Å². The van der Waals surface area contributed by atoms with Crippen LogP contribution in [-0.4, -0.2) is 11.2 Å². The summed E-state index contributed by atoms with van der Waals surface area (Å²) in [6, 6.07) is 9.64. The molecule has 6 heteroatoms. The standard InChI is InChI=1S/C14H14F2N2O2/c1-18-9-11(6-7-13(18)19)17-8-10-4-2-3-5-12(10)20-14(15)16/h2-7,9,14,17H,8H2,1H3. The predicted molar refractivity (Wildman–Crippen MR) is 72.1 cm³/mol. The Kier molecular flexibility index (Phi) is 4.34. The van der Waals surface area contributed by atoms with Crippen LogP contribution < -0.4 is 15.6 Å². The highest BCUT2D eigenvalue weighted by Crippen LogP contribution is 2.21. The van der Waals surface area contributed by atoms with Gasteiger partial charge in [-0.3, -0.25) is 4.79 Å². The van der Waals surface area contributed by atoms with Gasteiger partial charge in [0.2, 0.25) is 5.56 Å². The van der Waals surface area contributed by atoms with Crippen LogP contribution in [0.5, 0.6) is 5.75 Å². The molecular formula is C14H14F2N2O2. The molecule has 0 saturated heterocycles. The molecule has 20 heavy (non-hydrogen) atoms. The van der Waals surface area contributed by atoms with Crippen LogP contribution in [0.15, 0.2) is 47.4 Å². The van der Waals surface area contributed by atoms with E-state index in [1.807, 2.05) is 0 Å². The first-order valence-electron chi connectivity index (χ1n) is 5.99. The summed E-state index contributed by atoms with van der Waals surface area (Å²) in [4.78, 5) is 11.3. The fraction of sp³-hybridized carbons (Fsp3) is 0.214. The molecule has 1 heterocycles. The molecule has 0 bridgehead atoms. The van der Waals surface area contributed by atoms with Crippen LogP contribution >= 0.6 is 0 Å². The number of ether oxygens (including phenoxy) is 1. The van der Waals surface area contributed by atoms with Crippen molar-refractivity contribution in [2.24, 2.45) is 7.05 Å². The van der Waals surface area contributed by atoms with Crippen LogP contribution in [0.3, 0.4) is 0 Å². The Morgan fingerprint density at radius 1 is 1.25 bits per heavy atom. The van der Waals surface area contributed by atoms with Gasteiger partial charge in [0.15, 0.2) is 0 Å². The average Bonchev–Trinajstić information content (AvgIpc) is 2.41. The Balaban J connectivity index is 2.10. The number of aryl methyl sites for hydroxylation is 1. The predicted octanol–water partition coefficient (Wildman–Crippen LogP) is 2.60. The number of pyridine rings is 1. The summed E-state index contributed by atoms with van der Waals surface area (Å²) >= 11 is 0.